The molecule has 0 atom stereocenters. The molecule has 0 aliphatic carbocycles. The number of halogens is 1. The first-order valence-electron chi connectivity index (χ1n) is 11.8. The van der Waals surface area contributed by atoms with Crippen LogP contribution in [0, 0.1) is 6.92 Å². The molecule has 3 heterocycles. The van der Waals surface area contributed by atoms with Gasteiger partial charge < -0.3 is 4.57 Å². The van der Waals surface area contributed by atoms with Crippen molar-refractivity contribution in [3.05, 3.63) is 112 Å². The minimum absolute atomic E-state index is 0.0514. The molecule has 1 aliphatic heterocycles. The SMILES string of the molecule is Cc1ccc(-c2c3c4n(c(-c5ccccc5)cn4c2C(=O)c2cccc(Br)c2)CCCC3)cc1. The number of hydrogen-bond acceptors (Lipinski definition) is 1. The Morgan fingerprint density at radius 3 is 2.44 bits per heavy atom. The summed E-state index contributed by atoms with van der Waals surface area (Å²) in [4.78, 5) is 14.1. The van der Waals surface area contributed by atoms with Crippen LogP contribution in [0.1, 0.15) is 40.0 Å². The van der Waals surface area contributed by atoms with Crippen molar-refractivity contribution in [1.29, 1.82) is 0 Å². The van der Waals surface area contributed by atoms with E-state index in [1.807, 2.05) is 30.3 Å². The van der Waals surface area contributed by atoms with E-state index in [0.717, 1.165) is 58.4 Å². The maximum absolute atomic E-state index is 14.1. The predicted octanol–water partition coefficient (Wildman–Crippen LogP) is 7.71. The van der Waals surface area contributed by atoms with Crippen LogP contribution >= 0.6 is 15.9 Å². The van der Waals surface area contributed by atoms with Crippen molar-refractivity contribution in [3.63, 3.8) is 0 Å². The molecule has 4 heteroatoms. The third kappa shape index (κ3) is 3.45. The van der Waals surface area contributed by atoms with Crippen molar-refractivity contribution in [1.82, 2.24) is 8.97 Å². The molecule has 3 nitrogen and oxygen atoms in total. The van der Waals surface area contributed by atoms with Crippen molar-refractivity contribution < 1.29 is 4.79 Å². The minimum atomic E-state index is 0.0514. The van der Waals surface area contributed by atoms with Crippen LogP contribution in [0.15, 0.2) is 89.5 Å². The third-order valence-corrected chi connectivity index (χ3v) is 7.34. The Bertz CT molecular complexity index is 1520. The van der Waals surface area contributed by atoms with Crippen molar-refractivity contribution in [3.8, 4) is 22.4 Å². The van der Waals surface area contributed by atoms with Gasteiger partial charge in [0.05, 0.1) is 5.69 Å². The van der Waals surface area contributed by atoms with Gasteiger partial charge in [-0.2, -0.15) is 0 Å². The zero-order valence-corrected chi connectivity index (χ0v) is 20.7. The number of carbonyl (C=O) groups excluding carboxylic acids is 1. The number of hydrogen-bond donors (Lipinski definition) is 0. The van der Waals surface area contributed by atoms with E-state index in [-0.39, 0.29) is 5.78 Å². The van der Waals surface area contributed by atoms with Gasteiger partial charge in [0.2, 0.25) is 5.78 Å². The highest BCUT2D eigenvalue weighted by molar-refractivity contribution is 9.10. The van der Waals surface area contributed by atoms with Crippen LogP contribution in [0.25, 0.3) is 28.0 Å². The van der Waals surface area contributed by atoms with E-state index in [4.69, 9.17) is 0 Å². The van der Waals surface area contributed by atoms with Crippen LogP contribution in [0.2, 0.25) is 0 Å². The lowest BCUT2D eigenvalue weighted by Crippen LogP contribution is -2.06. The van der Waals surface area contributed by atoms with E-state index < -0.39 is 0 Å². The largest absolute Gasteiger partial charge is 0.325 e. The maximum Gasteiger partial charge on any atom is 0.210 e. The van der Waals surface area contributed by atoms with Gasteiger partial charge in [-0.25, -0.2) is 0 Å². The average molecular weight is 509 g/mol. The molecule has 34 heavy (non-hydrogen) atoms. The number of imidazole rings is 1. The van der Waals surface area contributed by atoms with E-state index >= 15 is 0 Å². The summed E-state index contributed by atoms with van der Waals surface area (Å²) in [5, 5.41) is 0. The summed E-state index contributed by atoms with van der Waals surface area (Å²) in [6.07, 6.45) is 5.37. The Morgan fingerprint density at radius 2 is 1.68 bits per heavy atom. The molecular formula is C30H25BrN2O. The molecule has 1 aliphatic rings. The van der Waals surface area contributed by atoms with Crippen molar-refractivity contribution >= 4 is 27.4 Å². The number of rotatable bonds is 4. The van der Waals surface area contributed by atoms with Gasteiger partial charge in [0.25, 0.3) is 0 Å². The second-order valence-corrected chi connectivity index (χ2v) is 10.0. The molecule has 0 amide bonds. The van der Waals surface area contributed by atoms with Gasteiger partial charge in [-0.3, -0.25) is 9.20 Å². The summed E-state index contributed by atoms with van der Waals surface area (Å²) in [6.45, 7) is 3.05. The summed E-state index contributed by atoms with van der Waals surface area (Å²) >= 11 is 3.55. The molecule has 0 spiro atoms. The number of aromatic nitrogens is 2. The fourth-order valence-electron chi connectivity index (χ4n) is 5.25. The molecule has 0 radical (unpaired) electrons. The number of benzene rings is 3. The first-order valence-corrected chi connectivity index (χ1v) is 12.6. The average Bonchev–Trinajstić information content (AvgIpc) is 3.27. The number of aryl methyl sites for hydroxylation is 3. The van der Waals surface area contributed by atoms with Crippen LogP contribution in [0.3, 0.4) is 0 Å². The molecule has 0 saturated carbocycles. The summed E-state index contributed by atoms with van der Waals surface area (Å²) in [7, 11) is 0. The quantitative estimate of drug-likeness (QED) is 0.228. The van der Waals surface area contributed by atoms with E-state index in [2.05, 4.69) is 86.5 Å². The maximum atomic E-state index is 14.1. The highest BCUT2D eigenvalue weighted by Crippen LogP contribution is 2.40. The predicted molar refractivity (Wildman–Crippen MR) is 142 cm³/mol. The Kier molecular flexibility index (Phi) is 5.26. The molecular weight excluding hydrogens is 484 g/mol. The first kappa shape index (κ1) is 21.2. The highest BCUT2D eigenvalue weighted by Gasteiger charge is 2.30. The molecule has 168 valence electrons. The first-order chi connectivity index (χ1) is 16.6. The van der Waals surface area contributed by atoms with Gasteiger partial charge >= 0.3 is 0 Å². The Labute approximate surface area is 207 Å². The second-order valence-electron chi connectivity index (χ2n) is 9.09. The Morgan fingerprint density at radius 1 is 0.882 bits per heavy atom. The molecule has 0 saturated heterocycles. The van der Waals surface area contributed by atoms with Crippen molar-refractivity contribution in [2.75, 3.05) is 0 Å². The molecule has 5 aromatic rings. The van der Waals surface area contributed by atoms with E-state index in [1.54, 1.807) is 0 Å². The second kappa shape index (κ2) is 8.44. The smallest absolute Gasteiger partial charge is 0.210 e. The Hall–Kier alpha value is -3.37. The van der Waals surface area contributed by atoms with Gasteiger partial charge in [-0.05, 0) is 49.4 Å². The van der Waals surface area contributed by atoms with Gasteiger partial charge in [0.1, 0.15) is 11.3 Å². The molecule has 3 aromatic carbocycles. The minimum Gasteiger partial charge on any atom is -0.325 e. The molecule has 0 bridgehead atoms. The molecule has 0 N–H and O–H groups in total. The zero-order chi connectivity index (χ0) is 23.2. The zero-order valence-electron chi connectivity index (χ0n) is 19.1. The Balaban J connectivity index is 1.69. The van der Waals surface area contributed by atoms with Gasteiger partial charge in [0, 0.05) is 33.9 Å². The normalized spacial score (nSPS) is 13.2. The topological polar surface area (TPSA) is 26.4 Å². The lowest BCUT2D eigenvalue weighted by atomic mass is 9.94. The summed E-state index contributed by atoms with van der Waals surface area (Å²) in [5.41, 5.74) is 9.63. The number of carbonyl (C=O) groups is 1. The summed E-state index contributed by atoms with van der Waals surface area (Å²) < 4.78 is 5.50. The van der Waals surface area contributed by atoms with E-state index in [0.29, 0.717) is 5.56 Å². The number of nitrogens with zero attached hydrogens (tertiary/aromatic N) is 2. The highest BCUT2D eigenvalue weighted by atomic mass is 79.9. The van der Waals surface area contributed by atoms with E-state index in [1.165, 1.54) is 16.7 Å². The van der Waals surface area contributed by atoms with E-state index in [9.17, 15) is 4.79 Å². The lowest BCUT2D eigenvalue weighted by Gasteiger charge is -2.10. The number of ketones is 1. The fraction of sp³-hybridized carbons (Fsp3) is 0.167. The monoisotopic (exact) mass is 508 g/mol. The van der Waals surface area contributed by atoms with Crippen LogP contribution in [0.5, 0.6) is 0 Å². The molecule has 2 aromatic heterocycles. The van der Waals surface area contributed by atoms with Gasteiger partial charge in [0.15, 0.2) is 0 Å². The van der Waals surface area contributed by atoms with Crippen molar-refractivity contribution in [2.45, 2.75) is 32.7 Å². The van der Waals surface area contributed by atoms with Crippen LogP contribution in [-0.2, 0) is 13.0 Å². The van der Waals surface area contributed by atoms with Gasteiger partial charge in [-0.1, -0.05) is 88.2 Å². The molecule has 6 rings (SSSR count). The summed E-state index contributed by atoms with van der Waals surface area (Å²) in [6, 6.07) is 26.8. The fourth-order valence-corrected chi connectivity index (χ4v) is 5.65. The standard InChI is InChI=1S/C30H25BrN2O/c1-20-13-15-22(16-14-20)27-25-12-5-6-17-32-26(21-8-3-2-4-9-21)19-33(30(25)32)28(27)29(34)23-10-7-11-24(31)18-23/h2-4,7-11,13-16,18-19H,5-6,12,17H2,1H3. The van der Waals surface area contributed by atoms with Crippen LogP contribution in [0.4, 0.5) is 0 Å². The summed E-state index contributed by atoms with van der Waals surface area (Å²) in [5.74, 6) is 0.0514. The molecule has 0 unspecified atom stereocenters. The van der Waals surface area contributed by atoms with Crippen LogP contribution in [-0.4, -0.2) is 14.8 Å². The van der Waals surface area contributed by atoms with Gasteiger partial charge in [-0.15, -0.1) is 0 Å². The molecule has 0 fully saturated rings. The third-order valence-electron chi connectivity index (χ3n) is 6.85. The van der Waals surface area contributed by atoms with Crippen LogP contribution < -0.4 is 0 Å². The van der Waals surface area contributed by atoms with Crippen molar-refractivity contribution in [2.24, 2.45) is 0 Å². The lowest BCUT2D eigenvalue weighted by molar-refractivity contribution is 0.103.